The highest BCUT2D eigenvalue weighted by Crippen LogP contribution is 2.33. The van der Waals surface area contributed by atoms with Crippen molar-refractivity contribution in [1.82, 2.24) is 9.78 Å². The standard InChI is InChI=1S/C14H10F3N3O2/c15-14(16,17)9-3-1-2-8(6-9)11-4-5-18-12-10(13(21)22)7-19-20(11)12/h1-4,6-7,18H,5H2,(H,21,22). The summed E-state index contributed by atoms with van der Waals surface area (Å²) in [6, 6.07) is 4.83. The molecule has 0 fully saturated rings. The number of hydrogen-bond donors (Lipinski definition) is 2. The second kappa shape index (κ2) is 4.90. The van der Waals surface area contributed by atoms with Crippen LogP contribution in [0.3, 0.4) is 0 Å². The summed E-state index contributed by atoms with van der Waals surface area (Å²) in [6.45, 7) is 0.303. The Hall–Kier alpha value is -2.77. The third-order valence-electron chi connectivity index (χ3n) is 3.28. The highest BCUT2D eigenvalue weighted by molar-refractivity contribution is 5.94. The third-order valence-corrected chi connectivity index (χ3v) is 3.28. The van der Waals surface area contributed by atoms with Crippen molar-refractivity contribution in [2.24, 2.45) is 0 Å². The third kappa shape index (κ3) is 2.32. The molecule has 0 saturated carbocycles. The molecular weight excluding hydrogens is 299 g/mol. The van der Waals surface area contributed by atoms with Crippen molar-refractivity contribution in [3.05, 3.63) is 53.2 Å². The first kappa shape index (κ1) is 14.2. The molecule has 0 bridgehead atoms. The van der Waals surface area contributed by atoms with Gasteiger partial charge < -0.3 is 10.4 Å². The molecule has 1 aromatic carbocycles. The van der Waals surface area contributed by atoms with Gasteiger partial charge in [-0.1, -0.05) is 12.1 Å². The van der Waals surface area contributed by atoms with Crippen molar-refractivity contribution in [3.63, 3.8) is 0 Å². The van der Waals surface area contributed by atoms with Crippen molar-refractivity contribution in [1.29, 1.82) is 0 Å². The topological polar surface area (TPSA) is 67.1 Å². The van der Waals surface area contributed by atoms with E-state index in [4.69, 9.17) is 5.11 Å². The summed E-state index contributed by atoms with van der Waals surface area (Å²) in [5, 5.41) is 15.9. The average molecular weight is 309 g/mol. The van der Waals surface area contributed by atoms with Crippen LogP contribution in [-0.4, -0.2) is 27.4 Å². The molecule has 22 heavy (non-hydrogen) atoms. The monoisotopic (exact) mass is 309 g/mol. The van der Waals surface area contributed by atoms with Gasteiger partial charge in [0, 0.05) is 12.1 Å². The van der Waals surface area contributed by atoms with Crippen LogP contribution >= 0.6 is 0 Å². The molecule has 0 spiro atoms. The lowest BCUT2D eigenvalue weighted by Gasteiger charge is -2.19. The van der Waals surface area contributed by atoms with E-state index in [1.54, 1.807) is 6.08 Å². The molecule has 0 amide bonds. The maximum Gasteiger partial charge on any atom is 0.416 e. The van der Waals surface area contributed by atoms with E-state index in [1.165, 1.54) is 16.8 Å². The van der Waals surface area contributed by atoms with Gasteiger partial charge in [0.2, 0.25) is 0 Å². The lowest BCUT2D eigenvalue weighted by Crippen LogP contribution is -2.17. The van der Waals surface area contributed by atoms with E-state index in [0.29, 0.717) is 17.8 Å². The molecule has 2 heterocycles. The number of aromatic nitrogens is 2. The van der Waals surface area contributed by atoms with Gasteiger partial charge in [0.15, 0.2) is 0 Å². The first-order valence-electron chi connectivity index (χ1n) is 6.31. The minimum absolute atomic E-state index is 0.0300. The lowest BCUT2D eigenvalue weighted by molar-refractivity contribution is -0.137. The van der Waals surface area contributed by atoms with Crippen LogP contribution in [-0.2, 0) is 6.18 Å². The van der Waals surface area contributed by atoms with E-state index in [-0.39, 0.29) is 11.4 Å². The number of carbonyl (C=O) groups is 1. The zero-order valence-corrected chi connectivity index (χ0v) is 11.1. The van der Waals surface area contributed by atoms with Crippen molar-refractivity contribution in [2.75, 3.05) is 11.9 Å². The summed E-state index contributed by atoms with van der Waals surface area (Å²) in [5.74, 6) is -0.901. The lowest BCUT2D eigenvalue weighted by atomic mass is 10.1. The smallest absolute Gasteiger partial charge is 0.416 e. The summed E-state index contributed by atoms with van der Waals surface area (Å²) in [5.41, 5.74) is -0.0702. The maximum atomic E-state index is 12.8. The Morgan fingerprint density at radius 2 is 2.14 bits per heavy atom. The summed E-state index contributed by atoms with van der Waals surface area (Å²) in [7, 11) is 0. The summed E-state index contributed by atoms with van der Waals surface area (Å²) in [6.07, 6.45) is -1.62. The number of rotatable bonds is 2. The van der Waals surface area contributed by atoms with Crippen LogP contribution < -0.4 is 5.32 Å². The highest BCUT2D eigenvalue weighted by atomic mass is 19.4. The molecule has 3 rings (SSSR count). The van der Waals surface area contributed by atoms with Gasteiger partial charge in [-0.3, -0.25) is 0 Å². The zero-order valence-electron chi connectivity index (χ0n) is 11.1. The van der Waals surface area contributed by atoms with Gasteiger partial charge in [0.1, 0.15) is 11.4 Å². The van der Waals surface area contributed by atoms with Crippen LogP contribution in [0, 0.1) is 0 Å². The van der Waals surface area contributed by atoms with Crippen molar-refractivity contribution in [2.45, 2.75) is 6.18 Å². The second-order valence-electron chi connectivity index (χ2n) is 4.67. The molecule has 2 N–H and O–H groups in total. The molecule has 8 heteroatoms. The molecule has 1 aliphatic heterocycles. The fourth-order valence-corrected chi connectivity index (χ4v) is 2.28. The minimum atomic E-state index is -4.44. The Morgan fingerprint density at radius 1 is 1.36 bits per heavy atom. The molecule has 0 atom stereocenters. The largest absolute Gasteiger partial charge is 0.477 e. The van der Waals surface area contributed by atoms with Gasteiger partial charge in [-0.2, -0.15) is 18.3 Å². The Balaban J connectivity index is 2.08. The van der Waals surface area contributed by atoms with Crippen LogP contribution in [0.25, 0.3) is 5.70 Å². The number of aromatic carboxylic acids is 1. The van der Waals surface area contributed by atoms with E-state index < -0.39 is 17.7 Å². The number of halogens is 3. The SMILES string of the molecule is O=C(O)c1cnn2c1NCC=C2c1cccc(C(F)(F)F)c1. The van der Waals surface area contributed by atoms with E-state index in [2.05, 4.69) is 10.4 Å². The quantitative estimate of drug-likeness (QED) is 0.895. The predicted octanol–water partition coefficient (Wildman–Crippen LogP) is 2.91. The van der Waals surface area contributed by atoms with Crippen LogP contribution in [0.1, 0.15) is 21.5 Å². The number of carboxylic acids is 1. The second-order valence-corrected chi connectivity index (χ2v) is 4.67. The summed E-state index contributed by atoms with van der Waals surface area (Å²) >= 11 is 0. The Kier molecular flexibility index (Phi) is 3.16. The van der Waals surface area contributed by atoms with Gasteiger partial charge in [-0.05, 0) is 18.2 Å². The molecule has 5 nitrogen and oxygen atoms in total. The Labute approximate surface area is 122 Å². The molecule has 0 unspecified atom stereocenters. The molecule has 1 aromatic heterocycles. The van der Waals surface area contributed by atoms with Crippen LogP contribution in [0.4, 0.5) is 19.0 Å². The number of alkyl halides is 3. The van der Waals surface area contributed by atoms with E-state index in [1.807, 2.05) is 0 Å². The summed E-state index contributed by atoms with van der Waals surface area (Å²) < 4.78 is 39.7. The molecule has 1 aliphatic rings. The number of nitrogens with zero attached hydrogens (tertiary/aromatic N) is 2. The number of nitrogens with one attached hydrogen (secondary N) is 1. The molecular formula is C14H10F3N3O2. The van der Waals surface area contributed by atoms with Crippen LogP contribution in [0.2, 0.25) is 0 Å². The molecule has 2 aromatic rings. The highest BCUT2D eigenvalue weighted by Gasteiger charge is 2.31. The first-order chi connectivity index (χ1) is 10.4. The predicted molar refractivity (Wildman–Crippen MR) is 72.5 cm³/mol. The zero-order chi connectivity index (χ0) is 15.9. The van der Waals surface area contributed by atoms with Crippen molar-refractivity contribution in [3.8, 4) is 0 Å². The Morgan fingerprint density at radius 3 is 2.82 bits per heavy atom. The fraction of sp³-hybridized carbons (Fsp3) is 0.143. The van der Waals surface area contributed by atoms with Gasteiger partial charge in [-0.25, -0.2) is 9.48 Å². The normalized spacial score (nSPS) is 14.0. The first-order valence-corrected chi connectivity index (χ1v) is 6.31. The van der Waals surface area contributed by atoms with Gasteiger partial charge in [0.05, 0.1) is 17.5 Å². The summed E-state index contributed by atoms with van der Waals surface area (Å²) in [4.78, 5) is 11.1. The number of hydrogen-bond acceptors (Lipinski definition) is 3. The van der Waals surface area contributed by atoms with E-state index >= 15 is 0 Å². The molecule has 114 valence electrons. The van der Waals surface area contributed by atoms with Crippen LogP contribution in [0.15, 0.2) is 36.5 Å². The van der Waals surface area contributed by atoms with Gasteiger partial charge in [0.25, 0.3) is 0 Å². The fourth-order valence-electron chi connectivity index (χ4n) is 2.28. The van der Waals surface area contributed by atoms with Crippen molar-refractivity contribution >= 4 is 17.5 Å². The van der Waals surface area contributed by atoms with Crippen molar-refractivity contribution < 1.29 is 23.1 Å². The molecule has 0 saturated heterocycles. The number of fused-ring (bicyclic) bond motifs is 1. The average Bonchev–Trinajstić information content (AvgIpc) is 2.90. The number of benzene rings is 1. The number of anilines is 1. The van der Waals surface area contributed by atoms with E-state index in [0.717, 1.165) is 18.3 Å². The minimum Gasteiger partial charge on any atom is -0.477 e. The van der Waals surface area contributed by atoms with Gasteiger partial charge >= 0.3 is 12.1 Å². The Bertz CT molecular complexity index is 778. The van der Waals surface area contributed by atoms with Gasteiger partial charge in [-0.15, -0.1) is 0 Å². The molecule has 0 radical (unpaired) electrons. The molecule has 0 aliphatic carbocycles. The number of carboxylic acid groups (broad SMARTS) is 1. The van der Waals surface area contributed by atoms with Crippen LogP contribution in [0.5, 0.6) is 0 Å². The maximum absolute atomic E-state index is 12.8. The van der Waals surface area contributed by atoms with E-state index in [9.17, 15) is 18.0 Å².